The molecule has 2 rings (SSSR count). The molecule has 0 unspecified atom stereocenters. The largest absolute Gasteiger partial charge is 0.496 e. The summed E-state index contributed by atoms with van der Waals surface area (Å²) < 4.78 is 15.5. The lowest BCUT2D eigenvalue weighted by molar-refractivity contribution is 0.0224. The monoisotopic (exact) mass is 321 g/mol. The van der Waals surface area contributed by atoms with Crippen molar-refractivity contribution in [2.75, 3.05) is 20.8 Å². The molecule has 126 valence electrons. The zero-order chi connectivity index (χ0) is 17.2. The van der Waals surface area contributed by atoms with Gasteiger partial charge in [0, 0.05) is 13.1 Å². The third-order valence-corrected chi connectivity index (χ3v) is 3.59. The summed E-state index contributed by atoms with van der Waals surface area (Å²) in [7, 11) is 2.85. The molecule has 6 heteroatoms. The fourth-order valence-electron chi connectivity index (χ4n) is 2.51. The predicted octanol–water partition coefficient (Wildman–Crippen LogP) is 2.78. The first-order valence-electron chi connectivity index (χ1n) is 7.51. The fourth-order valence-corrected chi connectivity index (χ4v) is 2.51. The normalized spacial score (nSPS) is 14.0. The lowest BCUT2D eigenvalue weighted by Gasteiger charge is -2.31. The molecule has 0 aliphatic carbocycles. The Morgan fingerprint density at radius 3 is 2.39 bits per heavy atom. The number of ether oxygens (including phenoxy) is 3. The van der Waals surface area contributed by atoms with Crippen LogP contribution < -0.4 is 4.74 Å². The van der Waals surface area contributed by atoms with Gasteiger partial charge in [-0.2, -0.15) is 0 Å². The van der Waals surface area contributed by atoms with Crippen molar-refractivity contribution >= 4 is 12.1 Å². The van der Waals surface area contributed by atoms with Crippen LogP contribution in [-0.4, -0.2) is 43.3 Å². The van der Waals surface area contributed by atoms with E-state index in [9.17, 15) is 9.59 Å². The number of benzene rings is 1. The van der Waals surface area contributed by atoms with Crippen LogP contribution in [0.25, 0.3) is 0 Å². The zero-order valence-corrected chi connectivity index (χ0v) is 14.3. The molecule has 0 bridgehead atoms. The van der Waals surface area contributed by atoms with Crippen molar-refractivity contribution in [3.8, 4) is 5.75 Å². The van der Waals surface area contributed by atoms with Gasteiger partial charge >= 0.3 is 12.1 Å². The molecule has 6 nitrogen and oxygen atoms in total. The standard InChI is InChI=1S/C17H23NO5/c1-17(2,3)23-16(20)18-7-6-11-9-14(21-4)13(15(19)22-5)8-12(11)10-18/h8-9H,6-7,10H2,1-5H3. The van der Waals surface area contributed by atoms with E-state index in [-0.39, 0.29) is 6.09 Å². The number of rotatable bonds is 2. The molecule has 0 spiro atoms. The van der Waals surface area contributed by atoms with E-state index in [2.05, 4.69) is 0 Å². The number of amides is 1. The van der Waals surface area contributed by atoms with Crippen molar-refractivity contribution < 1.29 is 23.8 Å². The molecule has 1 aromatic rings. The molecule has 1 aromatic carbocycles. The number of methoxy groups -OCH3 is 2. The maximum Gasteiger partial charge on any atom is 0.410 e. The molecule has 0 radical (unpaired) electrons. The van der Waals surface area contributed by atoms with Crippen LogP contribution in [0.1, 0.15) is 42.3 Å². The maximum absolute atomic E-state index is 12.2. The van der Waals surface area contributed by atoms with Gasteiger partial charge < -0.3 is 19.1 Å². The SMILES string of the molecule is COC(=O)c1cc2c(cc1OC)CCN(C(=O)OC(C)(C)C)C2. The van der Waals surface area contributed by atoms with Gasteiger partial charge in [-0.15, -0.1) is 0 Å². The van der Waals surface area contributed by atoms with Crippen LogP contribution in [0.15, 0.2) is 12.1 Å². The molecular weight excluding hydrogens is 298 g/mol. The number of fused-ring (bicyclic) bond motifs is 1. The quantitative estimate of drug-likeness (QED) is 0.784. The van der Waals surface area contributed by atoms with Gasteiger partial charge in [-0.3, -0.25) is 0 Å². The number of hydrogen-bond donors (Lipinski definition) is 0. The smallest absolute Gasteiger partial charge is 0.410 e. The topological polar surface area (TPSA) is 65.1 Å². The molecule has 1 aliphatic heterocycles. The first kappa shape index (κ1) is 17.1. The molecule has 1 amide bonds. The van der Waals surface area contributed by atoms with Gasteiger partial charge in [-0.25, -0.2) is 9.59 Å². The van der Waals surface area contributed by atoms with Crippen molar-refractivity contribution in [3.63, 3.8) is 0 Å². The second kappa shape index (κ2) is 6.48. The van der Waals surface area contributed by atoms with Crippen LogP contribution >= 0.6 is 0 Å². The minimum absolute atomic E-state index is 0.349. The summed E-state index contributed by atoms with van der Waals surface area (Å²) >= 11 is 0. The third kappa shape index (κ3) is 3.94. The van der Waals surface area contributed by atoms with E-state index in [0.29, 0.717) is 30.8 Å². The summed E-state index contributed by atoms with van der Waals surface area (Å²) in [6.07, 6.45) is 0.338. The van der Waals surface area contributed by atoms with Crippen LogP contribution in [0.3, 0.4) is 0 Å². The average molecular weight is 321 g/mol. The number of carbonyl (C=O) groups excluding carboxylic acids is 2. The van der Waals surface area contributed by atoms with Gasteiger partial charge in [0.15, 0.2) is 0 Å². The molecular formula is C17H23NO5. The summed E-state index contributed by atoms with van der Waals surface area (Å²) in [5, 5.41) is 0. The summed E-state index contributed by atoms with van der Waals surface area (Å²) in [6.45, 7) is 6.48. The second-order valence-corrected chi connectivity index (χ2v) is 6.46. The summed E-state index contributed by atoms with van der Waals surface area (Å²) in [4.78, 5) is 25.7. The lowest BCUT2D eigenvalue weighted by Crippen LogP contribution is -2.40. The van der Waals surface area contributed by atoms with Crippen LogP contribution in [0.2, 0.25) is 0 Å². The van der Waals surface area contributed by atoms with E-state index in [1.165, 1.54) is 14.2 Å². The molecule has 0 saturated heterocycles. The minimum atomic E-state index is -0.533. The first-order chi connectivity index (χ1) is 10.7. The van der Waals surface area contributed by atoms with E-state index in [0.717, 1.165) is 11.1 Å². The minimum Gasteiger partial charge on any atom is -0.496 e. The Kier molecular flexibility index (Phi) is 4.82. The Morgan fingerprint density at radius 1 is 1.13 bits per heavy atom. The average Bonchev–Trinajstić information content (AvgIpc) is 2.50. The third-order valence-electron chi connectivity index (χ3n) is 3.59. The maximum atomic E-state index is 12.2. The fraction of sp³-hybridized carbons (Fsp3) is 0.529. The Labute approximate surface area is 136 Å². The molecule has 1 aliphatic rings. The Morgan fingerprint density at radius 2 is 1.83 bits per heavy atom. The Hall–Kier alpha value is -2.24. The summed E-state index contributed by atoms with van der Waals surface area (Å²) in [6, 6.07) is 3.57. The lowest BCUT2D eigenvalue weighted by atomic mass is 9.96. The highest BCUT2D eigenvalue weighted by atomic mass is 16.6. The molecule has 0 fully saturated rings. The Bertz CT molecular complexity index is 618. The summed E-state index contributed by atoms with van der Waals surface area (Å²) in [5.41, 5.74) is 1.80. The van der Waals surface area contributed by atoms with Crippen LogP contribution in [0.5, 0.6) is 5.75 Å². The summed E-state index contributed by atoms with van der Waals surface area (Å²) in [5.74, 6) is 0.0281. The van der Waals surface area contributed by atoms with Crippen LogP contribution in [-0.2, 0) is 22.4 Å². The van der Waals surface area contributed by atoms with Crippen molar-refractivity contribution in [2.45, 2.75) is 39.3 Å². The molecule has 0 N–H and O–H groups in total. The van der Waals surface area contributed by atoms with Gasteiger partial charge in [0.1, 0.15) is 16.9 Å². The number of esters is 1. The highest BCUT2D eigenvalue weighted by Gasteiger charge is 2.27. The molecule has 23 heavy (non-hydrogen) atoms. The first-order valence-corrected chi connectivity index (χ1v) is 7.51. The van der Waals surface area contributed by atoms with Crippen LogP contribution in [0, 0.1) is 0 Å². The van der Waals surface area contributed by atoms with E-state index in [4.69, 9.17) is 14.2 Å². The van der Waals surface area contributed by atoms with Crippen molar-refractivity contribution in [2.24, 2.45) is 0 Å². The predicted molar refractivity (Wildman–Crippen MR) is 84.7 cm³/mol. The Balaban J connectivity index is 2.26. The van der Waals surface area contributed by atoms with E-state index < -0.39 is 11.6 Å². The molecule has 0 atom stereocenters. The van der Waals surface area contributed by atoms with Crippen molar-refractivity contribution in [1.82, 2.24) is 4.90 Å². The number of carbonyl (C=O) groups is 2. The van der Waals surface area contributed by atoms with Gasteiger partial charge in [-0.1, -0.05) is 0 Å². The molecule has 0 saturated carbocycles. The zero-order valence-electron chi connectivity index (χ0n) is 14.3. The number of hydrogen-bond acceptors (Lipinski definition) is 5. The molecule has 0 aromatic heterocycles. The highest BCUT2D eigenvalue weighted by Crippen LogP contribution is 2.29. The van der Waals surface area contributed by atoms with Gasteiger partial charge in [-0.05, 0) is 50.5 Å². The van der Waals surface area contributed by atoms with Gasteiger partial charge in [0.05, 0.1) is 14.2 Å². The van der Waals surface area contributed by atoms with E-state index >= 15 is 0 Å². The molecule has 1 heterocycles. The second-order valence-electron chi connectivity index (χ2n) is 6.46. The highest BCUT2D eigenvalue weighted by molar-refractivity contribution is 5.93. The van der Waals surface area contributed by atoms with Crippen molar-refractivity contribution in [1.29, 1.82) is 0 Å². The van der Waals surface area contributed by atoms with Crippen LogP contribution in [0.4, 0.5) is 4.79 Å². The van der Waals surface area contributed by atoms with E-state index in [1.54, 1.807) is 11.0 Å². The van der Waals surface area contributed by atoms with E-state index in [1.807, 2.05) is 26.8 Å². The van der Waals surface area contributed by atoms with Gasteiger partial charge in [0.25, 0.3) is 0 Å². The van der Waals surface area contributed by atoms with Gasteiger partial charge in [0.2, 0.25) is 0 Å². The van der Waals surface area contributed by atoms with Crippen molar-refractivity contribution in [3.05, 3.63) is 28.8 Å². The number of nitrogens with zero attached hydrogens (tertiary/aromatic N) is 1.